The van der Waals surface area contributed by atoms with Crippen molar-refractivity contribution in [1.82, 2.24) is 9.13 Å². The summed E-state index contributed by atoms with van der Waals surface area (Å²) in [5, 5.41) is 8.87. The fraction of sp³-hybridized carbons (Fsp3) is 0. The van der Waals surface area contributed by atoms with Crippen molar-refractivity contribution in [2.75, 3.05) is 0 Å². The number of aromatic nitrogens is 2. The van der Waals surface area contributed by atoms with Crippen molar-refractivity contribution >= 4 is 54.3 Å². The molecule has 0 saturated carbocycles. The van der Waals surface area contributed by atoms with Gasteiger partial charge >= 0.3 is 0 Å². The third-order valence-corrected chi connectivity index (χ3v) is 7.47. The van der Waals surface area contributed by atoms with Gasteiger partial charge in [0.1, 0.15) is 0 Å². The standard InChI is InChI=1S/C34H22N2/c1-2-10-28(11-3-1)35-19-18-23-15-17-32-33(34(23)35)30-12-6-7-13-31(30)36(32)29-16-14-26-20-24-8-4-5-9-25(24)21-27(26)22-29/h1-22H. The van der Waals surface area contributed by atoms with Gasteiger partial charge in [-0.1, -0.05) is 72.8 Å². The Morgan fingerprint density at radius 1 is 0.417 bits per heavy atom. The first-order chi connectivity index (χ1) is 17.8. The van der Waals surface area contributed by atoms with E-state index in [0.717, 1.165) is 0 Å². The minimum Gasteiger partial charge on any atom is -0.316 e. The van der Waals surface area contributed by atoms with E-state index in [1.165, 1.54) is 65.6 Å². The van der Waals surface area contributed by atoms with Gasteiger partial charge in [0.05, 0.1) is 16.6 Å². The van der Waals surface area contributed by atoms with Crippen LogP contribution < -0.4 is 0 Å². The van der Waals surface area contributed by atoms with E-state index in [1.807, 2.05) is 0 Å². The van der Waals surface area contributed by atoms with Crippen molar-refractivity contribution in [1.29, 1.82) is 0 Å². The number of para-hydroxylation sites is 2. The Bertz CT molecular complexity index is 2090. The van der Waals surface area contributed by atoms with Gasteiger partial charge < -0.3 is 9.13 Å². The average molecular weight is 459 g/mol. The SMILES string of the molecule is c1ccc(-n2ccc3ccc4c(c5ccccc5n4-c4ccc5cc6ccccc6cc5c4)c32)cc1. The van der Waals surface area contributed by atoms with Gasteiger partial charge in [0.2, 0.25) is 0 Å². The highest BCUT2D eigenvalue weighted by molar-refractivity contribution is 6.21. The molecule has 0 spiro atoms. The van der Waals surface area contributed by atoms with E-state index in [0.29, 0.717) is 0 Å². The Balaban J connectivity index is 1.47. The average Bonchev–Trinajstić information content (AvgIpc) is 3.51. The summed E-state index contributed by atoms with van der Waals surface area (Å²) in [7, 11) is 0. The summed E-state index contributed by atoms with van der Waals surface area (Å²) in [6.07, 6.45) is 2.19. The van der Waals surface area contributed by atoms with Crippen molar-refractivity contribution in [3.8, 4) is 11.4 Å². The van der Waals surface area contributed by atoms with Gasteiger partial charge in [0.25, 0.3) is 0 Å². The van der Waals surface area contributed by atoms with Gasteiger partial charge in [-0.2, -0.15) is 0 Å². The Kier molecular flexibility index (Phi) is 3.97. The van der Waals surface area contributed by atoms with Crippen molar-refractivity contribution in [3.05, 3.63) is 134 Å². The molecule has 8 rings (SSSR count). The molecular formula is C34H22N2. The van der Waals surface area contributed by atoms with Crippen LogP contribution in [0.1, 0.15) is 0 Å². The molecule has 0 N–H and O–H groups in total. The predicted molar refractivity (Wildman–Crippen MR) is 153 cm³/mol. The molecule has 0 aliphatic heterocycles. The largest absolute Gasteiger partial charge is 0.316 e. The summed E-state index contributed by atoms with van der Waals surface area (Å²) in [6, 6.07) is 46.1. The van der Waals surface area contributed by atoms with Gasteiger partial charge in [-0.05, 0) is 76.1 Å². The van der Waals surface area contributed by atoms with Crippen LogP contribution in [0, 0.1) is 0 Å². The molecule has 0 amide bonds. The second-order valence-corrected chi connectivity index (χ2v) is 9.50. The Hall–Kier alpha value is -4.82. The minimum atomic E-state index is 1.18. The molecule has 2 nitrogen and oxygen atoms in total. The second-order valence-electron chi connectivity index (χ2n) is 9.50. The zero-order chi connectivity index (χ0) is 23.6. The molecule has 0 radical (unpaired) electrons. The molecular weight excluding hydrogens is 436 g/mol. The molecule has 2 heterocycles. The second kappa shape index (κ2) is 7.34. The van der Waals surface area contributed by atoms with Crippen LogP contribution in [0.25, 0.3) is 65.6 Å². The quantitative estimate of drug-likeness (QED) is 0.229. The number of hydrogen-bond acceptors (Lipinski definition) is 0. The van der Waals surface area contributed by atoms with Crippen LogP contribution in [0.2, 0.25) is 0 Å². The fourth-order valence-electron chi connectivity index (χ4n) is 5.83. The number of rotatable bonds is 2. The van der Waals surface area contributed by atoms with Crippen LogP contribution in [-0.2, 0) is 0 Å². The monoisotopic (exact) mass is 458 g/mol. The zero-order valence-electron chi connectivity index (χ0n) is 19.6. The summed E-state index contributed by atoms with van der Waals surface area (Å²) in [5.41, 5.74) is 6.05. The Labute approximate surface area is 208 Å². The maximum atomic E-state index is 2.42. The lowest BCUT2D eigenvalue weighted by atomic mass is 10.0. The highest BCUT2D eigenvalue weighted by atomic mass is 15.0. The lowest BCUT2D eigenvalue weighted by molar-refractivity contribution is 1.13. The van der Waals surface area contributed by atoms with Crippen LogP contribution in [0.5, 0.6) is 0 Å². The summed E-state index contributed by atoms with van der Waals surface area (Å²) in [4.78, 5) is 0. The first-order valence-corrected chi connectivity index (χ1v) is 12.4. The van der Waals surface area contributed by atoms with E-state index in [1.54, 1.807) is 0 Å². The number of nitrogens with zero attached hydrogens (tertiary/aromatic N) is 2. The minimum absolute atomic E-state index is 1.18. The molecule has 0 fully saturated rings. The number of fused-ring (bicyclic) bond motifs is 7. The van der Waals surface area contributed by atoms with E-state index in [-0.39, 0.29) is 0 Å². The van der Waals surface area contributed by atoms with Crippen LogP contribution in [0.4, 0.5) is 0 Å². The van der Waals surface area contributed by atoms with Crippen molar-refractivity contribution < 1.29 is 0 Å². The summed E-state index contributed by atoms with van der Waals surface area (Å²) < 4.78 is 4.74. The molecule has 168 valence electrons. The Morgan fingerprint density at radius 3 is 1.97 bits per heavy atom. The van der Waals surface area contributed by atoms with Gasteiger partial charge in [0, 0.05) is 33.7 Å². The van der Waals surface area contributed by atoms with Crippen LogP contribution in [0.15, 0.2) is 134 Å². The molecule has 0 aliphatic rings. The van der Waals surface area contributed by atoms with E-state index in [2.05, 4.69) is 143 Å². The first kappa shape index (κ1) is 19.5. The van der Waals surface area contributed by atoms with Crippen LogP contribution in [-0.4, -0.2) is 9.13 Å². The molecule has 0 aliphatic carbocycles. The van der Waals surface area contributed by atoms with Gasteiger partial charge in [0.15, 0.2) is 0 Å². The van der Waals surface area contributed by atoms with Gasteiger partial charge in [-0.25, -0.2) is 0 Å². The van der Waals surface area contributed by atoms with Crippen molar-refractivity contribution in [3.63, 3.8) is 0 Å². The molecule has 36 heavy (non-hydrogen) atoms. The highest BCUT2D eigenvalue weighted by Crippen LogP contribution is 2.38. The molecule has 0 atom stereocenters. The molecule has 6 aromatic carbocycles. The van der Waals surface area contributed by atoms with Gasteiger partial charge in [-0.3, -0.25) is 0 Å². The third-order valence-electron chi connectivity index (χ3n) is 7.47. The molecule has 2 aromatic heterocycles. The van der Waals surface area contributed by atoms with Crippen LogP contribution >= 0.6 is 0 Å². The van der Waals surface area contributed by atoms with E-state index < -0.39 is 0 Å². The van der Waals surface area contributed by atoms with Crippen LogP contribution in [0.3, 0.4) is 0 Å². The summed E-state index contributed by atoms with van der Waals surface area (Å²) >= 11 is 0. The fourth-order valence-corrected chi connectivity index (χ4v) is 5.83. The molecule has 0 saturated heterocycles. The third kappa shape index (κ3) is 2.73. The molecule has 2 heteroatoms. The topological polar surface area (TPSA) is 9.86 Å². The van der Waals surface area contributed by atoms with Gasteiger partial charge in [-0.15, -0.1) is 0 Å². The summed E-state index contributed by atoms with van der Waals surface area (Å²) in [5.74, 6) is 0. The predicted octanol–water partition coefficient (Wildman–Crippen LogP) is 9.03. The lowest BCUT2D eigenvalue weighted by Crippen LogP contribution is -1.94. The highest BCUT2D eigenvalue weighted by Gasteiger charge is 2.17. The summed E-state index contributed by atoms with van der Waals surface area (Å²) in [6.45, 7) is 0. The zero-order valence-corrected chi connectivity index (χ0v) is 19.6. The molecule has 8 aromatic rings. The molecule has 0 bridgehead atoms. The smallest absolute Gasteiger partial charge is 0.0628 e. The normalized spacial score (nSPS) is 11.9. The van der Waals surface area contributed by atoms with Crippen molar-refractivity contribution in [2.24, 2.45) is 0 Å². The number of hydrogen-bond donors (Lipinski definition) is 0. The maximum absolute atomic E-state index is 2.42. The van der Waals surface area contributed by atoms with E-state index in [9.17, 15) is 0 Å². The molecule has 0 unspecified atom stereocenters. The number of benzene rings is 6. The van der Waals surface area contributed by atoms with Crippen molar-refractivity contribution in [2.45, 2.75) is 0 Å². The maximum Gasteiger partial charge on any atom is 0.0628 e. The lowest BCUT2D eigenvalue weighted by Gasteiger charge is -2.11. The van der Waals surface area contributed by atoms with E-state index >= 15 is 0 Å². The first-order valence-electron chi connectivity index (χ1n) is 12.4. The Morgan fingerprint density at radius 2 is 1.11 bits per heavy atom. The van der Waals surface area contributed by atoms with E-state index in [4.69, 9.17) is 0 Å².